The van der Waals surface area contributed by atoms with Crippen molar-refractivity contribution in [3.05, 3.63) is 119 Å². The Morgan fingerprint density at radius 3 is 1.97 bits per heavy atom. The molecule has 0 aliphatic heterocycles. The van der Waals surface area contributed by atoms with Crippen molar-refractivity contribution in [2.45, 2.75) is 0 Å². The van der Waals surface area contributed by atoms with Gasteiger partial charge in [0.1, 0.15) is 17.7 Å². The maximum absolute atomic E-state index is 6.51. The fourth-order valence-electron chi connectivity index (χ4n) is 5.19. The van der Waals surface area contributed by atoms with Crippen LogP contribution in [0.4, 0.5) is 0 Å². The molecule has 158 valence electrons. The van der Waals surface area contributed by atoms with Crippen LogP contribution in [0.2, 0.25) is 0 Å². The lowest BCUT2D eigenvalue weighted by molar-refractivity contribution is 0.604. The third-order valence-corrected chi connectivity index (χ3v) is 7.54. The predicted molar refractivity (Wildman–Crippen MR) is 147 cm³/mol. The van der Waals surface area contributed by atoms with Gasteiger partial charge in [-0.1, -0.05) is 84.9 Å². The molecule has 34 heavy (non-hydrogen) atoms. The summed E-state index contributed by atoms with van der Waals surface area (Å²) in [5.74, 6) is 0.854. The van der Waals surface area contributed by atoms with Gasteiger partial charge in [0.2, 0.25) is 5.76 Å². The molecule has 2 heteroatoms. The fourth-order valence-corrected chi connectivity index (χ4v) is 5.88. The Bertz CT molecular complexity index is 1750. The highest BCUT2D eigenvalue weighted by Crippen LogP contribution is 2.47. The molecule has 1 heterocycles. The number of rotatable bonds is 2. The normalized spacial score (nSPS) is 12.4. The summed E-state index contributed by atoms with van der Waals surface area (Å²) in [4.78, 5) is 0. The van der Waals surface area contributed by atoms with Crippen molar-refractivity contribution in [3.8, 4) is 22.3 Å². The highest BCUT2D eigenvalue weighted by Gasteiger charge is 2.27. The Balaban J connectivity index is 1.68. The molecular weight excluding hydrogens is 480 g/mol. The van der Waals surface area contributed by atoms with Crippen molar-refractivity contribution in [1.29, 1.82) is 0 Å². The number of halogens is 1. The van der Waals surface area contributed by atoms with Crippen molar-refractivity contribution in [1.82, 2.24) is 0 Å². The smallest absolute Gasteiger partial charge is 0.250 e. The van der Waals surface area contributed by atoms with E-state index in [4.69, 9.17) is 4.42 Å². The zero-order valence-corrected chi connectivity index (χ0v) is 19.8. The molecule has 0 fully saturated rings. The highest BCUT2D eigenvalue weighted by atomic mass is 79.9. The van der Waals surface area contributed by atoms with Gasteiger partial charge >= 0.3 is 0 Å². The van der Waals surface area contributed by atoms with Crippen molar-refractivity contribution >= 4 is 60.6 Å². The van der Waals surface area contributed by atoms with E-state index in [0.29, 0.717) is 0 Å². The topological polar surface area (TPSA) is 13.1 Å². The summed E-state index contributed by atoms with van der Waals surface area (Å²) in [5.41, 5.74) is 6.68. The highest BCUT2D eigenvalue weighted by molar-refractivity contribution is 9.10. The van der Waals surface area contributed by atoms with E-state index < -0.39 is 0 Å². The maximum atomic E-state index is 6.51. The first-order valence-corrected chi connectivity index (χ1v) is 12.1. The number of furan rings is 1. The Hall–Kier alpha value is -3.97. The molecular formula is C32H18BrO+. The van der Waals surface area contributed by atoms with Crippen LogP contribution in [-0.4, -0.2) is 0 Å². The van der Waals surface area contributed by atoms with E-state index >= 15 is 0 Å². The van der Waals surface area contributed by atoms with Crippen LogP contribution < -0.4 is 0 Å². The van der Waals surface area contributed by atoms with Gasteiger partial charge in [-0.05, 0) is 60.2 Å². The molecule has 1 aliphatic carbocycles. The molecule has 6 aromatic rings. The van der Waals surface area contributed by atoms with Gasteiger partial charge in [-0.3, -0.25) is 0 Å². The minimum Gasteiger partial charge on any atom is -0.395 e. The van der Waals surface area contributed by atoms with E-state index in [1.165, 1.54) is 32.7 Å². The van der Waals surface area contributed by atoms with Gasteiger partial charge in [0.15, 0.2) is 5.58 Å². The van der Waals surface area contributed by atoms with Gasteiger partial charge in [0.25, 0.3) is 0 Å². The summed E-state index contributed by atoms with van der Waals surface area (Å²) < 4.78 is 7.64. The molecule has 0 atom stereocenters. The average Bonchev–Trinajstić information content (AvgIpc) is 3.29. The Kier molecular flexibility index (Phi) is 4.32. The van der Waals surface area contributed by atoms with E-state index in [9.17, 15) is 0 Å². The van der Waals surface area contributed by atoms with Crippen LogP contribution in [0.25, 0.3) is 66.9 Å². The van der Waals surface area contributed by atoms with Gasteiger partial charge < -0.3 is 4.42 Å². The van der Waals surface area contributed by atoms with Crippen LogP contribution in [-0.2, 0) is 0 Å². The Morgan fingerprint density at radius 2 is 1.26 bits per heavy atom. The van der Waals surface area contributed by atoms with Gasteiger partial charge in [-0.25, -0.2) is 0 Å². The monoisotopic (exact) mass is 497 g/mol. The lowest BCUT2D eigenvalue weighted by Gasteiger charge is -2.16. The second-order valence-electron chi connectivity index (χ2n) is 8.54. The standard InChI is InChI=1S/C32H18BrO/c33-31-24-14-6-4-12-22(24)29(23-13-5-7-15-25(23)31)27-19-18-21(20-10-2-1-3-11-20)32-30(27)26-16-8-9-17-28(26)34-32/h1-8,10-19H/q+1. The predicted octanol–water partition coefficient (Wildman–Crippen LogP) is 9.68. The minimum absolute atomic E-state index is 0.854. The first-order valence-electron chi connectivity index (χ1n) is 11.3. The summed E-state index contributed by atoms with van der Waals surface area (Å²) in [6.45, 7) is 0. The molecule has 0 N–H and O–H groups in total. The molecule has 0 saturated heterocycles. The summed E-state index contributed by atoms with van der Waals surface area (Å²) in [6.07, 6.45) is 9.20. The average molecular weight is 498 g/mol. The summed E-state index contributed by atoms with van der Waals surface area (Å²) in [5, 5.41) is 6.00. The molecule has 1 aliphatic rings. The molecule has 5 aromatic carbocycles. The largest absolute Gasteiger partial charge is 0.395 e. The second-order valence-corrected chi connectivity index (χ2v) is 9.33. The van der Waals surface area contributed by atoms with E-state index in [2.05, 4.69) is 113 Å². The lowest BCUT2D eigenvalue weighted by Crippen LogP contribution is -1.90. The quantitative estimate of drug-likeness (QED) is 0.171. The van der Waals surface area contributed by atoms with E-state index in [-0.39, 0.29) is 0 Å². The van der Waals surface area contributed by atoms with E-state index in [1.807, 2.05) is 18.2 Å². The van der Waals surface area contributed by atoms with Gasteiger partial charge in [0.05, 0.1) is 11.5 Å². The molecule has 7 rings (SSSR count). The molecule has 1 nitrogen and oxygen atoms in total. The van der Waals surface area contributed by atoms with Crippen molar-refractivity contribution in [2.24, 2.45) is 0 Å². The number of allylic oxidation sites excluding steroid dienone is 2. The molecule has 0 amide bonds. The maximum Gasteiger partial charge on any atom is 0.250 e. The Morgan fingerprint density at radius 1 is 0.647 bits per heavy atom. The number of fused-ring (bicyclic) bond motifs is 5. The van der Waals surface area contributed by atoms with Crippen molar-refractivity contribution < 1.29 is 4.42 Å². The van der Waals surface area contributed by atoms with Crippen LogP contribution in [0.15, 0.2) is 106 Å². The van der Waals surface area contributed by atoms with Crippen molar-refractivity contribution in [3.63, 3.8) is 0 Å². The zero-order valence-electron chi connectivity index (χ0n) is 18.2. The van der Waals surface area contributed by atoms with E-state index in [0.717, 1.165) is 37.9 Å². The fraction of sp³-hybridized carbons (Fsp3) is 0. The molecule has 0 spiro atoms. The molecule has 1 aromatic heterocycles. The van der Waals surface area contributed by atoms with Crippen LogP contribution in [0.3, 0.4) is 0 Å². The molecule has 0 unspecified atom stereocenters. The van der Waals surface area contributed by atoms with Crippen LogP contribution in [0, 0.1) is 6.08 Å². The van der Waals surface area contributed by atoms with Crippen molar-refractivity contribution in [2.75, 3.05) is 0 Å². The SMILES string of the molecule is Brc1c2ccccc2c(-c2ccc(-c3ccccc3)c3oc4c(c23)C=C[C+]=C4)c2ccccc12. The van der Waals surface area contributed by atoms with Crippen LogP contribution in [0.5, 0.6) is 0 Å². The molecule has 0 saturated carbocycles. The van der Waals surface area contributed by atoms with Gasteiger partial charge in [-0.15, -0.1) is 0 Å². The number of hydrogen-bond acceptors (Lipinski definition) is 1. The van der Waals surface area contributed by atoms with Gasteiger partial charge in [-0.2, -0.15) is 0 Å². The zero-order chi connectivity index (χ0) is 22.6. The first-order chi connectivity index (χ1) is 16.8. The summed E-state index contributed by atoms with van der Waals surface area (Å²) >= 11 is 3.89. The summed E-state index contributed by atoms with van der Waals surface area (Å²) in [6, 6.07) is 32.2. The van der Waals surface area contributed by atoms with Crippen LogP contribution >= 0.6 is 15.9 Å². The third kappa shape index (κ3) is 2.77. The number of hydrogen-bond donors (Lipinski definition) is 0. The first kappa shape index (κ1) is 19.5. The van der Waals surface area contributed by atoms with Gasteiger partial charge in [0, 0.05) is 16.1 Å². The van der Waals surface area contributed by atoms with E-state index in [1.54, 1.807) is 0 Å². The Labute approximate surface area is 205 Å². The summed E-state index contributed by atoms with van der Waals surface area (Å²) in [7, 11) is 0. The lowest BCUT2D eigenvalue weighted by atomic mass is 9.87. The third-order valence-electron chi connectivity index (χ3n) is 6.69. The second kappa shape index (κ2) is 7.53. The van der Waals surface area contributed by atoms with Crippen LogP contribution in [0.1, 0.15) is 11.3 Å². The number of benzene rings is 5. The molecule has 0 bridgehead atoms. The minimum atomic E-state index is 0.854. The molecule has 0 radical (unpaired) electrons.